The van der Waals surface area contributed by atoms with Crippen LogP contribution in [0.3, 0.4) is 0 Å². The number of nitrogen functional groups attached to an aromatic ring is 1. The number of pyridine rings is 1. The van der Waals surface area contributed by atoms with Crippen molar-refractivity contribution in [2.45, 2.75) is 12.5 Å². The first-order chi connectivity index (χ1) is 17.9. The first-order valence-electron chi connectivity index (χ1n) is 11.7. The number of hydrogen-bond donors (Lipinski definition) is 1. The van der Waals surface area contributed by atoms with Gasteiger partial charge in [0, 0.05) is 49.7 Å². The highest BCUT2D eigenvalue weighted by Crippen LogP contribution is 2.36. The van der Waals surface area contributed by atoms with Crippen LogP contribution in [0.5, 0.6) is 11.5 Å². The van der Waals surface area contributed by atoms with Gasteiger partial charge in [-0.1, -0.05) is 12.5 Å². The van der Waals surface area contributed by atoms with Gasteiger partial charge in [-0.25, -0.2) is 4.98 Å². The predicted molar refractivity (Wildman–Crippen MR) is 140 cm³/mol. The van der Waals surface area contributed by atoms with Gasteiger partial charge >= 0.3 is 0 Å². The Kier molecular flexibility index (Phi) is 6.27. The van der Waals surface area contributed by atoms with Crippen LogP contribution in [-0.4, -0.2) is 62.7 Å². The lowest BCUT2D eigenvalue weighted by Crippen LogP contribution is -2.27. The topological polar surface area (TPSA) is 113 Å². The van der Waals surface area contributed by atoms with E-state index in [1.165, 1.54) is 6.08 Å². The van der Waals surface area contributed by atoms with Gasteiger partial charge in [0.05, 0.1) is 36.9 Å². The van der Waals surface area contributed by atoms with Crippen molar-refractivity contribution in [1.82, 2.24) is 29.4 Å². The number of nitrogens with two attached hydrogens (primary N) is 1. The molecule has 1 aromatic carbocycles. The van der Waals surface area contributed by atoms with E-state index in [1.807, 2.05) is 36.1 Å². The van der Waals surface area contributed by atoms with Crippen molar-refractivity contribution in [3.63, 3.8) is 0 Å². The smallest absolute Gasteiger partial charge is 0.246 e. The van der Waals surface area contributed by atoms with Crippen molar-refractivity contribution in [2.24, 2.45) is 7.05 Å². The first-order valence-corrected chi connectivity index (χ1v) is 11.7. The number of carbonyl (C=O) groups excluding carboxylic acids is 1. The minimum atomic E-state index is -0.0999. The number of anilines is 1. The van der Waals surface area contributed by atoms with Crippen LogP contribution in [0.2, 0.25) is 0 Å². The molecule has 2 N–H and O–H groups in total. The maximum absolute atomic E-state index is 12.3. The van der Waals surface area contributed by atoms with E-state index < -0.39 is 0 Å². The number of fused-ring (bicyclic) bond motifs is 1. The summed E-state index contributed by atoms with van der Waals surface area (Å²) in [6.45, 7) is 4.73. The van der Waals surface area contributed by atoms with Gasteiger partial charge in [0.1, 0.15) is 23.0 Å². The van der Waals surface area contributed by atoms with Gasteiger partial charge in [-0.05, 0) is 36.6 Å². The molecule has 0 bridgehead atoms. The average Bonchev–Trinajstić information content (AvgIpc) is 3.66. The number of hydrogen-bond acceptors (Lipinski definition) is 7. The van der Waals surface area contributed by atoms with E-state index in [0.717, 1.165) is 23.2 Å². The van der Waals surface area contributed by atoms with Gasteiger partial charge in [-0.15, -0.1) is 0 Å². The normalized spacial score (nSPS) is 14.9. The largest absolute Gasteiger partial charge is 0.497 e. The van der Waals surface area contributed by atoms with Crippen LogP contribution in [-0.2, 0) is 11.8 Å². The second-order valence-corrected chi connectivity index (χ2v) is 8.73. The lowest BCUT2D eigenvalue weighted by molar-refractivity contribution is -0.125. The fourth-order valence-electron chi connectivity index (χ4n) is 4.57. The zero-order valence-corrected chi connectivity index (χ0v) is 20.9. The molecule has 0 radical (unpaired) electrons. The zero-order chi connectivity index (χ0) is 26.1. The third-order valence-corrected chi connectivity index (χ3v) is 6.42. The molecule has 0 saturated carbocycles. The summed E-state index contributed by atoms with van der Waals surface area (Å²) in [5.74, 6) is 7.85. The third-order valence-electron chi connectivity index (χ3n) is 6.42. The zero-order valence-electron chi connectivity index (χ0n) is 20.9. The highest BCUT2D eigenvalue weighted by molar-refractivity contribution is 6.01. The molecule has 188 valence electrons. The van der Waals surface area contributed by atoms with Gasteiger partial charge in [0.25, 0.3) is 0 Å². The number of methoxy groups -OCH3 is 2. The summed E-state index contributed by atoms with van der Waals surface area (Å²) in [6, 6.07) is 7.28. The van der Waals surface area contributed by atoms with Crippen LogP contribution in [0, 0.1) is 11.8 Å². The van der Waals surface area contributed by atoms with Crippen LogP contribution >= 0.6 is 0 Å². The highest BCUT2D eigenvalue weighted by Gasteiger charge is 2.30. The molecule has 3 aromatic heterocycles. The summed E-state index contributed by atoms with van der Waals surface area (Å²) < 4.78 is 14.4. The summed E-state index contributed by atoms with van der Waals surface area (Å²) in [5, 5.41) is 10.1. The molecule has 0 aliphatic carbocycles. The SMILES string of the molecule is C=CC(=O)N1CCC(n2nc(C#Cc3cc(OC)cc(OC)c3)c3c(N)ncc(-c4ccn(C)n4)c32)C1. The lowest BCUT2D eigenvalue weighted by Gasteiger charge is -2.16. The summed E-state index contributed by atoms with van der Waals surface area (Å²) in [4.78, 5) is 18.5. The maximum Gasteiger partial charge on any atom is 0.246 e. The number of rotatable bonds is 5. The molecule has 1 aliphatic rings. The van der Waals surface area contributed by atoms with E-state index in [4.69, 9.17) is 20.3 Å². The number of benzene rings is 1. The first kappa shape index (κ1) is 23.9. The van der Waals surface area contributed by atoms with E-state index in [2.05, 4.69) is 28.5 Å². The number of likely N-dealkylation sites (tertiary alicyclic amines) is 1. The quantitative estimate of drug-likeness (QED) is 0.333. The number of ether oxygens (including phenoxy) is 2. The highest BCUT2D eigenvalue weighted by atomic mass is 16.5. The summed E-state index contributed by atoms with van der Waals surface area (Å²) >= 11 is 0. The number of carbonyl (C=O) groups is 1. The summed E-state index contributed by atoms with van der Waals surface area (Å²) in [7, 11) is 5.04. The second-order valence-electron chi connectivity index (χ2n) is 8.73. The fraction of sp³-hybridized carbons (Fsp3) is 0.259. The number of amides is 1. The van der Waals surface area contributed by atoms with Crippen LogP contribution in [0.4, 0.5) is 5.82 Å². The molecule has 0 spiro atoms. The monoisotopic (exact) mass is 497 g/mol. The summed E-state index contributed by atoms with van der Waals surface area (Å²) in [6.07, 6.45) is 5.66. The minimum absolute atomic E-state index is 0.0666. The molecule has 1 unspecified atom stereocenters. The molecule has 10 heteroatoms. The Bertz CT molecular complexity index is 1550. The molecular formula is C27H27N7O3. The van der Waals surface area contributed by atoms with Crippen molar-refractivity contribution < 1.29 is 14.3 Å². The standard InChI is InChI=1S/C27H27N7O3/c1-5-24(35)33-11-8-18(16-33)34-26-21(22-9-10-32(2)30-22)15-29-27(28)25(26)23(31-34)7-6-17-12-19(36-3)14-20(13-17)37-4/h5,9-10,12-15,18H,1,8,11,16H2,2-4H3,(H2,28,29). The van der Waals surface area contributed by atoms with Gasteiger partial charge in [-0.3, -0.25) is 14.2 Å². The van der Waals surface area contributed by atoms with Crippen molar-refractivity contribution in [1.29, 1.82) is 0 Å². The minimum Gasteiger partial charge on any atom is -0.497 e. The maximum atomic E-state index is 12.3. The van der Waals surface area contributed by atoms with Crippen molar-refractivity contribution in [3.05, 3.63) is 60.6 Å². The molecule has 1 atom stereocenters. The molecule has 5 rings (SSSR count). The van der Waals surface area contributed by atoms with E-state index in [-0.39, 0.29) is 11.9 Å². The molecule has 10 nitrogen and oxygen atoms in total. The Balaban J connectivity index is 1.68. The van der Waals surface area contributed by atoms with Gasteiger partial charge in [0.2, 0.25) is 5.91 Å². The molecule has 4 aromatic rings. The van der Waals surface area contributed by atoms with E-state index in [9.17, 15) is 4.79 Å². The molecule has 1 fully saturated rings. The van der Waals surface area contributed by atoms with Gasteiger partial charge in [0.15, 0.2) is 0 Å². The number of aryl methyl sites for hydroxylation is 1. The Morgan fingerprint density at radius 2 is 1.95 bits per heavy atom. The fourth-order valence-corrected chi connectivity index (χ4v) is 4.57. The van der Waals surface area contributed by atoms with Gasteiger partial charge < -0.3 is 20.1 Å². The van der Waals surface area contributed by atoms with Crippen LogP contribution in [0.25, 0.3) is 22.2 Å². The van der Waals surface area contributed by atoms with E-state index in [1.54, 1.807) is 36.1 Å². The molecular weight excluding hydrogens is 470 g/mol. The Hall–Kier alpha value is -4.78. The van der Waals surface area contributed by atoms with Crippen LogP contribution in [0.1, 0.15) is 23.7 Å². The predicted octanol–water partition coefficient (Wildman–Crippen LogP) is 2.79. The number of aromatic nitrogens is 5. The number of nitrogens with zero attached hydrogens (tertiary/aromatic N) is 6. The Labute approximate surface area is 214 Å². The Morgan fingerprint density at radius 1 is 1.19 bits per heavy atom. The molecule has 37 heavy (non-hydrogen) atoms. The van der Waals surface area contributed by atoms with Crippen LogP contribution < -0.4 is 15.2 Å². The Morgan fingerprint density at radius 3 is 2.59 bits per heavy atom. The average molecular weight is 498 g/mol. The van der Waals surface area contributed by atoms with Crippen LogP contribution in [0.15, 0.2) is 49.3 Å². The molecule has 1 saturated heterocycles. The lowest BCUT2D eigenvalue weighted by atomic mass is 10.1. The third kappa shape index (κ3) is 4.47. The second kappa shape index (κ2) is 9.70. The van der Waals surface area contributed by atoms with E-state index >= 15 is 0 Å². The molecule has 1 amide bonds. The summed E-state index contributed by atoms with van der Waals surface area (Å²) in [5.41, 5.74) is 9.93. The van der Waals surface area contributed by atoms with Crippen molar-refractivity contribution in [3.8, 4) is 34.6 Å². The van der Waals surface area contributed by atoms with Crippen molar-refractivity contribution >= 4 is 22.6 Å². The van der Waals surface area contributed by atoms with E-state index in [0.29, 0.717) is 47.1 Å². The van der Waals surface area contributed by atoms with Crippen molar-refractivity contribution in [2.75, 3.05) is 33.0 Å². The van der Waals surface area contributed by atoms with Gasteiger partial charge in [-0.2, -0.15) is 10.2 Å². The molecule has 4 heterocycles. The molecule has 1 aliphatic heterocycles.